The summed E-state index contributed by atoms with van der Waals surface area (Å²) in [6.07, 6.45) is 5.04. The second kappa shape index (κ2) is 9.36. The molecule has 0 aromatic carbocycles. The average Bonchev–Trinajstić information content (AvgIpc) is 3.07. The number of sulfone groups is 1. The molecule has 1 aromatic rings. The number of carbonyl (C=O) groups is 2. The fraction of sp³-hybridized carbons (Fsp3) is 0.588. The normalized spacial score (nSPS) is 18.7. The molecule has 27 heavy (non-hydrogen) atoms. The summed E-state index contributed by atoms with van der Waals surface area (Å²) in [5, 5.41) is 7.34. The lowest BCUT2D eigenvalue weighted by atomic mass is 10.2. The predicted octanol–water partition coefficient (Wildman–Crippen LogP) is 1.50. The number of rotatable bonds is 8. The number of amides is 1. The number of aromatic nitrogens is 2. The average molecular weight is 418 g/mol. The molecule has 1 amide bonds. The van der Waals surface area contributed by atoms with Crippen molar-refractivity contribution >= 4 is 39.4 Å². The van der Waals surface area contributed by atoms with E-state index in [2.05, 4.69) is 17.3 Å². The van der Waals surface area contributed by atoms with E-state index >= 15 is 0 Å². The van der Waals surface area contributed by atoms with Gasteiger partial charge in [-0.2, -0.15) is 5.10 Å². The molecule has 2 rings (SSSR count). The third-order valence-corrected chi connectivity index (χ3v) is 6.33. The zero-order chi connectivity index (χ0) is 20.0. The number of nitrogens with zero attached hydrogens (tertiary/aromatic N) is 2. The first-order chi connectivity index (χ1) is 12.7. The summed E-state index contributed by atoms with van der Waals surface area (Å²) >= 11 is 6.28. The van der Waals surface area contributed by atoms with Crippen LogP contribution in [0.25, 0.3) is 6.08 Å². The highest BCUT2D eigenvalue weighted by Crippen LogP contribution is 2.21. The lowest BCUT2D eigenvalue weighted by Gasteiger charge is -2.10. The van der Waals surface area contributed by atoms with Crippen molar-refractivity contribution in [2.24, 2.45) is 0 Å². The molecule has 150 valence electrons. The van der Waals surface area contributed by atoms with Gasteiger partial charge in [-0.25, -0.2) is 13.2 Å². The summed E-state index contributed by atoms with van der Waals surface area (Å²) in [6, 6.07) is -0.424. The summed E-state index contributed by atoms with van der Waals surface area (Å²) in [6.45, 7) is 4.10. The minimum absolute atomic E-state index is 0.0620. The molecule has 1 saturated heterocycles. The van der Waals surface area contributed by atoms with Crippen LogP contribution in [-0.4, -0.2) is 54.2 Å². The van der Waals surface area contributed by atoms with Gasteiger partial charge in [0, 0.05) is 24.2 Å². The van der Waals surface area contributed by atoms with Crippen molar-refractivity contribution in [1.29, 1.82) is 0 Å². The van der Waals surface area contributed by atoms with E-state index < -0.39 is 34.4 Å². The molecule has 0 aliphatic carbocycles. The highest BCUT2D eigenvalue weighted by molar-refractivity contribution is 7.91. The fourth-order valence-electron chi connectivity index (χ4n) is 2.73. The third kappa shape index (κ3) is 6.35. The Morgan fingerprint density at radius 1 is 1.44 bits per heavy atom. The van der Waals surface area contributed by atoms with E-state index in [9.17, 15) is 18.0 Å². The molecule has 1 N–H and O–H groups in total. The summed E-state index contributed by atoms with van der Waals surface area (Å²) in [5.74, 6) is -1.24. The van der Waals surface area contributed by atoms with Gasteiger partial charge in [0.15, 0.2) is 16.4 Å². The molecule has 0 unspecified atom stereocenters. The Labute approximate surface area is 163 Å². The number of unbranched alkanes of at least 4 members (excludes halogenated alkanes) is 1. The van der Waals surface area contributed by atoms with Gasteiger partial charge in [-0.05, 0) is 25.8 Å². The summed E-state index contributed by atoms with van der Waals surface area (Å²) in [7, 11) is -3.08. The Kier molecular flexibility index (Phi) is 7.43. The number of nitrogens with one attached hydrogen (secondary N) is 1. The SMILES string of the molecule is CCCCn1nc(C)c(/C=C/C(=O)OCC(=O)N[C@H]2CCS(=O)(=O)C2)c1Cl. The smallest absolute Gasteiger partial charge is 0.331 e. The van der Waals surface area contributed by atoms with E-state index in [4.69, 9.17) is 16.3 Å². The maximum absolute atomic E-state index is 11.8. The molecule has 1 fully saturated rings. The van der Waals surface area contributed by atoms with Crippen LogP contribution in [0, 0.1) is 6.92 Å². The number of carbonyl (C=O) groups excluding carboxylic acids is 2. The van der Waals surface area contributed by atoms with Gasteiger partial charge in [0.25, 0.3) is 5.91 Å². The zero-order valence-corrected chi connectivity index (χ0v) is 17.0. The highest BCUT2D eigenvalue weighted by atomic mass is 35.5. The predicted molar refractivity (Wildman–Crippen MR) is 102 cm³/mol. The fourth-order valence-corrected chi connectivity index (χ4v) is 4.72. The van der Waals surface area contributed by atoms with E-state index in [1.165, 1.54) is 12.2 Å². The van der Waals surface area contributed by atoms with Crippen molar-refractivity contribution in [3.05, 3.63) is 22.5 Å². The summed E-state index contributed by atoms with van der Waals surface area (Å²) < 4.78 is 29.3. The molecule has 1 aliphatic rings. The zero-order valence-electron chi connectivity index (χ0n) is 15.4. The molecule has 1 aliphatic heterocycles. The largest absolute Gasteiger partial charge is 0.452 e. The molecular formula is C17H24ClN3O5S. The second-order valence-electron chi connectivity index (χ2n) is 6.48. The van der Waals surface area contributed by atoms with E-state index in [0.29, 0.717) is 29.4 Å². The van der Waals surface area contributed by atoms with Crippen molar-refractivity contribution in [1.82, 2.24) is 15.1 Å². The quantitative estimate of drug-likeness (QED) is 0.507. The minimum atomic E-state index is -3.08. The standard InChI is InChI=1S/C17H24ClN3O5S/c1-3-4-8-21-17(18)14(12(2)20-21)5-6-16(23)26-10-15(22)19-13-7-9-27(24,25)11-13/h5-6,13H,3-4,7-11H2,1-2H3,(H,19,22)/b6-5+/t13-/m0/s1. The van der Waals surface area contributed by atoms with Gasteiger partial charge in [0.05, 0.1) is 17.2 Å². The molecule has 0 bridgehead atoms. The number of ether oxygens (including phenoxy) is 1. The molecule has 0 radical (unpaired) electrons. The van der Waals surface area contributed by atoms with E-state index in [-0.39, 0.29) is 11.5 Å². The lowest BCUT2D eigenvalue weighted by Crippen LogP contribution is -2.38. The van der Waals surface area contributed by atoms with Crippen LogP contribution in [-0.2, 0) is 30.7 Å². The first kappa shape index (κ1) is 21.4. The molecule has 8 nitrogen and oxygen atoms in total. The molecule has 2 heterocycles. The Hall–Kier alpha value is -1.87. The van der Waals surface area contributed by atoms with Gasteiger partial charge in [0.1, 0.15) is 5.15 Å². The molecule has 0 spiro atoms. The van der Waals surface area contributed by atoms with Crippen molar-refractivity contribution in [2.45, 2.75) is 45.7 Å². The maximum Gasteiger partial charge on any atom is 0.331 e. The first-order valence-corrected chi connectivity index (χ1v) is 11.0. The van der Waals surface area contributed by atoms with Gasteiger partial charge in [-0.3, -0.25) is 9.48 Å². The van der Waals surface area contributed by atoms with Crippen LogP contribution < -0.4 is 5.32 Å². The van der Waals surface area contributed by atoms with Crippen molar-refractivity contribution in [3.8, 4) is 0 Å². The number of esters is 1. The van der Waals surface area contributed by atoms with Gasteiger partial charge >= 0.3 is 5.97 Å². The Morgan fingerprint density at radius 3 is 2.81 bits per heavy atom. The lowest BCUT2D eigenvalue weighted by molar-refractivity contribution is -0.143. The molecule has 1 aromatic heterocycles. The first-order valence-electron chi connectivity index (χ1n) is 8.79. The second-order valence-corrected chi connectivity index (χ2v) is 9.06. The monoisotopic (exact) mass is 417 g/mol. The third-order valence-electron chi connectivity index (χ3n) is 4.16. The van der Waals surface area contributed by atoms with Crippen molar-refractivity contribution < 1.29 is 22.7 Å². The Morgan fingerprint density at radius 2 is 2.19 bits per heavy atom. The van der Waals surface area contributed by atoms with Gasteiger partial charge < -0.3 is 10.1 Å². The Balaban J connectivity index is 1.83. The molecular weight excluding hydrogens is 394 g/mol. The van der Waals surface area contributed by atoms with Crippen LogP contribution in [0.2, 0.25) is 5.15 Å². The van der Waals surface area contributed by atoms with Gasteiger partial charge in [-0.1, -0.05) is 24.9 Å². The molecule has 1 atom stereocenters. The van der Waals surface area contributed by atoms with E-state index in [1.807, 2.05) is 0 Å². The van der Waals surface area contributed by atoms with E-state index in [1.54, 1.807) is 11.6 Å². The molecule has 0 saturated carbocycles. The number of hydrogen-bond donors (Lipinski definition) is 1. The number of aryl methyl sites for hydroxylation is 2. The van der Waals surface area contributed by atoms with Crippen LogP contribution in [0.1, 0.15) is 37.4 Å². The van der Waals surface area contributed by atoms with Gasteiger partial charge in [-0.15, -0.1) is 0 Å². The highest BCUT2D eigenvalue weighted by Gasteiger charge is 2.28. The minimum Gasteiger partial charge on any atom is -0.452 e. The van der Waals surface area contributed by atoms with Crippen LogP contribution in [0.4, 0.5) is 0 Å². The van der Waals surface area contributed by atoms with Crippen molar-refractivity contribution in [3.63, 3.8) is 0 Å². The van der Waals surface area contributed by atoms with Crippen LogP contribution >= 0.6 is 11.6 Å². The summed E-state index contributed by atoms with van der Waals surface area (Å²) in [4.78, 5) is 23.6. The summed E-state index contributed by atoms with van der Waals surface area (Å²) in [5.41, 5.74) is 1.32. The van der Waals surface area contributed by atoms with Crippen molar-refractivity contribution in [2.75, 3.05) is 18.1 Å². The van der Waals surface area contributed by atoms with Crippen LogP contribution in [0.5, 0.6) is 0 Å². The van der Waals surface area contributed by atoms with Crippen LogP contribution in [0.3, 0.4) is 0 Å². The van der Waals surface area contributed by atoms with E-state index in [0.717, 1.165) is 12.8 Å². The van der Waals surface area contributed by atoms with Crippen LogP contribution in [0.15, 0.2) is 6.08 Å². The molecule has 10 heteroatoms. The van der Waals surface area contributed by atoms with Gasteiger partial charge in [0.2, 0.25) is 0 Å². The number of halogens is 1. The number of hydrogen-bond acceptors (Lipinski definition) is 6. The topological polar surface area (TPSA) is 107 Å². The Bertz CT molecular complexity index is 832. The maximum atomic E-state index is 11.8.